The van der Waals surface area contributed by atoms with Crippen LogP contribution in [0.25, 0.3) is 0 Å². The van der Waals surface area contributed by atoms with Crippen molar-refractivity contribution in [2.45, 2.75) is 0 Å². The summed E-state index contributed by atoms with van der Waals surface area (Å²) in [6, 6.07) is 2.47. The predicted octanol–water partition coefficient (Wildman–Crippen LogP) is -3.46. The molecule has 0 aromatic heterocycles. The van der Waals surface area contributed by atoms with Crippen LogP contribution in [-0.4, -0.2) is 0 Å². The summed E-state index contributed by atoms with van der Waals surface area (Å²) < 4.78 is 7.72. The summed E-state index contributed by atoms with van der Waals surface area (Å²) in [5.74, 6) is 0. The molecule has 0 amide bonds. The Labute approximate surface area is 68.6 Å². The minimum Gasteiger partial charge on any atom is -0.769 e. The molecule has 0 aromatic rings. The molecule has 0 radical (unpaired) electrons. The van der Waals surface area contributed by atoms with Gasteiger partial charge in [-0.3, -0.25) is 0 Å². The third kappa shape index (κ3) is 73.7. The number of halogens is 1. The largest absolute Gasteiger partial charge is 1.00 e. The molecule has 0 aliphatic rings. The summed E-state index contributed by atoms with van der Waals surface area (Å²) in [7, 11) is 0. The SMILES string of the molecule is N#CC#N.[Na+].[O-]Cl. The Bertz CT molecular complexity index is 70.7. The van der Waals surface area contributed by atoms with E-state index in [1.807, 2.05) is 0 Å². The van der Waals surface area contributed by atoms with Gasteiger partial charge in [0, 0.05) is 0 Å². The molecule has 0 aromatic carbocycles. The van der Waals surface area contributed by atoms with Gasteiger partial charge >= 0.3 is 29.6 Å². The van der Waals surface area contributed by atoms with Gasteiger partial charge in [-0.25, -0.2) is 11.9 Å². The third-order valence-corrected chi connectivity index (χ3v) is 0.0500. The molecule has 5 heteroatoms. The van der Waals surface area contributed by atoms with Crippen molar-refractivity contribution in [1.29, 1.82) is 10.5 Å². The van der Waals surface area contributed by atoms with Gasteiger partial charge in [0.25, 0.3) is 0 Å². The maximum atomic E-state index is 7.72. The van der Waals surface area contributed by atoms with E-state index < -0.39 is 0 Å². The monoisotopic (exact) mass is 126 g/mol. The number of nitriles is 2. The van der Waals surface area contributed by atoms with E-state index in [-0.39, 0.29) is 29.6 Å². The number of hydrogen-bond acceptors (Lipinski definition) is 3. The van der Waals surface area contributed by atoms with E-state index in [1.54, 1.807) is 0 Å². The quantitative estimate of drug-likeness (QED) is 0.317. The molecule has 0 spiro atoms. The first-order chi connectivity index (χ1) is 2.91. The Morgan fingerprint density at radius 1 is 1.14 bits per heavy atom. The van der Waals surface area contributed by atoms with Gasteiger partial charge in [0.1, 0.15) is 0 Å². The van der Waals surface area contributed by atoms with Crippen LogP contribution >= 0.6 is 11.9 Å². The summed E-state index contributed by atoms with van der Waals surface area (Å²) in [6.07, 6.45) is 0. The fraction of sp³-hybridized carbons (Fsp3) is 0. The van der Waals surface area contributed by atoms with Gasteiger partial charge < -0.3 is 4.66 Å². The molecule has 0 fully saturated rings. The number of rotatable bonds is 0. The molecule has 7 heavy (non-hydrogen) atoms. The topological polar surface area (TPSA) is 70.6 Å². The zero-order valence-corrected chi connectivity index (χ0v) is 6.44. The average molecular weight is 126 g/mol. The predicted molar refractivity (Wildman–Crippen MR) is 17.1 cm³/mol. The molecular formula is C2ClN2NaO. The summed E-state index contributed by atoms with van der Waals surface area (Å²) in [5, 5.41) is 14.5. The van der Waals surface area contributed by atoms with Gasteiger partial charge in [-0.2, -0.15) is 10.5 Å². The van der Waals surface area contributed by atoms with Crippen molar-refractivity contribution >= 4 is 11.9 Å². The fourth-order valence-electron chi connectivity index (χ4n) is 0. The van der Waals surface area contributed by atoms with Gasteiger partial charge in [0.05, 0.1) is 0 Å². The van der Waals surface area contributed by atoms with E-state index in [2.05, 4.69) is 11.9 Å². The van der Waals surface area contributed by atoms with Crippen LogP contribution in [0.1, 0.15) is 0 Å². The molecule has 0 bridgehead atoms. The van der Waals surface area contributed by atoms with E-state index in [1.165, 1.54) is 12.1 Å². The van der Waals surface area contributed by atoms with E-state index in [0.717, 1.165) is 0 Å². The maximum Gasteiger partial charge on any atom is 1.00 e. The second-order valence-electron chi connectivity index (χ2n) is 0.224. The molecule has 0 aliphatic carbocycles. The zero-order chi connectivity index (χ0) is 5.41. The van der Waals surface area contributed by atoms with E-state index in [4.69, 9.17) is 15.2 Å². The molecule has 0 rings (SSSR count). The Balaban J connectivity index is -0.0000000480. The van der Waals surface area contributed by atoms with Gasteiger partial charge in [0.15, 0.2) is 12.1 Å². The first-order valence-electron chi connectivity index (χ1n) is 0.852. The molecule has 3 nitrogen and oxygen atoms in total. The van der Waals surface area contributed by atoms with Crippen molar-refractivity contribution in [2.24, 2.45) is 0 Å². The van der Waals surface area contributed by atoms with Crippen LogP contribution in [0.15, 0.2) is 0 Å². The Morgan fingerprint density at radius 2 is 1.29 bits per heavy atom. The average Bonchev–Trinajstić information content (AvgIpc) is 1.72. The van der Waals surface area contributed by atoms with Crippen LogP contribution in [0.2, 0.25) is 0 Å². The van der Waals surface area contributed by atoms with Crippen molar-refractivity contribution in [1.82, 2.24) is 0 Å². The van der Waals surface area contributed by atoms with Crippen LogP contribution in [0.3, 0.4) is 0 Å². The maximum absolute atomic E-state index is 7.72. The van der Waals surface area contributed by atoms with Gasteiger partial charge in [-0.15, -0.1) is 0 Å². The standard InChI is InChI=1S/C2N2.ClO.Na/c3-1-2-4;1-2;/q;-1;+1. The van der Waals surface area contributed by atoms with Crippen molar-refractivity contribution in [2.75, 3.05) is 0 Å². The Hall–Kier alpha value is 0.230. The molecule has 0 saturated carbocycles. The first kappa shape index (κ1) is 15.7. The summed E-state index contributed by atoms with van der Waals surface area (Å²) in [5.41, 5.74) is 0. The minimum atomic E-state index is 0. The molecule has 32 valence electrons. The smallest absolute Gasteiger partial charge is 0.769 e. The van der Waals surface area contributed by atoms with E-state index in [9.17, 15) is 0 Å². The second-order valence-corrected chi connectivity index (χ2v) is 0.224. The molecule has 0 saturated heterocycles. The van der Waals surface area contributed by atoms with E-state index >= 15 is 0 Å². The van der Waals surface area contributed by atoms with Crippen molar-refractivity contribution in [3.05, 3.63) is 0 Å². The third-order valence-electron chi connectivity index (χ3n) is 0.0500. The summed E-state index contributed by atoms with van der Waals surface area (Å²) in [6.45, 7) is 0. The van der Waals surface area contributed by atoms with E-state index in [0.29, 0.717) is 0 Å². The summed E-state index contributed by atoms with van der Waals surface area (Å²) >= 11 is 3.39. The molecule has 0 N–H and O–H groups in total. The van der Waals surface area contributed by atoms with Crippen molar-refractivity contribution in [3.63, 3.8) is 0 Å². The Kier molecular flexibility index (Phi) is 76.8. The van der Waals surface area contributed by atoms with Crippen LogP contribution in [0.4, 0.5) is 0 Å². The molecule has 0 unspecified atom stereocenters. The van der Waals surface area contributed by atoms with Crippen LogP contribution in [0, 0.1) is 22.7 Å². The molecule has 0 aliphatic heterocycles. The first-order valence-corrected chi connectivity index (χ1v) is 1.16. The minimum absolute atomic E-state index is 0. The van der Waals surface area contributed by atoms with Crippen LogP contribution in [0.5, 0.6) is 0 Å². The van der Waals surface area contributed by atoms with Gasteiger partial charge in [-0.05, 0) is 0 Å². The second kappa shape index (κ2) is 34.3. The summed E-state index contributed by atoms with van der Waals surface area (Å²) in [4.78, 5) is 0. The number of hydrogen-bond donors (Lipinski definition) is 0. The van der Waals surface area contributed by atoms with Crippen molar-refractivity contribution in [3.8, 4) is 12.1 Å². The van der Waals surface area contributed by atoms with Crippen molar-refractivity contribution < 1.29 is 34.2 Å². The zero-order valence-electron chi connectivity index (χ0n) is 3.68. The molecular weight excluding hydrogens is 126 g/mol. The van der Waals surface area contributed by atoms with Gasteiger partial charge in [0.2, 0.25) is 0 Å². The van der Waals surface area contributed by atoms with Gasteiger partial charge in [-0.1, -0.05) is 0 Å². The normalized spacial score (nSPS) is 2.29. The fourth-order valence-corrected chi connectivity index (χ4v) is 0. The van der Waals surface area contributed by atoms with Crippen LogP contribution in [-0.2, 0) is 0 Å². The molecule has 0 heterocycles. The Morgan fingerprint density at radius 3 is 1.29 bits per heavy atom. The van der Waals surface area contributed by atoms with Crippen LogP contribution < -0.4 is 34.2 Å². The number of nitrogens with zero attached hydrogens (tertiary/aromatic N) is 2. The molecule has 0 atom stereocenters.